The van der Waals surface area contributed by atoms with Crippen LogP contribution in [0, 0.1) is 0 Å². The van der Waals surface area contributed by atoms with Crippen LogP contribution in [-0.4, -0.2) is 66.1 Å². The molecule has 170 valence electrons. The van der Waals surface area contributed by atoms with E-state index in [1.807, 2.05) is 0 Å². The number of hydrogen-bond donors (Lipinski definition) is 1. The number of fused-ring (bicyclic) bond motifs is 6. The summed E-state index contributed by atoms with van der Waals surface area (Å²) in [6.45, 7) is 3.54. The second kappa shape index (κ2) is 7.48. The maximum Gasteiger partial charge on any atom is 0.404 e. The average Bonchev–Trinajstić information content (AvgIpc) is 3.42. The van der Waals surface area contributed by atoms with Crippen LogP contribution in [0.1, 0.15) is 42.6 Å². The fourth-order valence-electron chi connectivity index (χ4n) is 4.65. The predicted octanol–water partition coefficient (Wildman–Crippen LogP) is 0.227. The third-order valence-electron chi connectivity index (χ3n) is 5.64. The van der Waals surface area contributed by atoms with Crippen LogP contribution in [0.25, 0.3) is 0 Å². The number of primary amides is 1. The van der Waals surface area contributed by atoms with E-state index in [-0.39, 0.29) is 29.8 Å². The SMILES string of the molecule is CC(=O)Oc1cc(C=O)cc2c1C(COC(N)=O)C1(OC(C)=O)ON2CC2C1N2C(C)=O. The molecular weight excluding hydrogens is 426 g/mol. The molecule has 3 aliphatic rings. The molecule has 0 radical (unpaired) electrons. The van der Waals surface area contributed by atoms with Crippen LogP contribution in [0.4, 0.5) is 10.5 Å². The first-order valence-corrected chi connectivity index (χ1v) is 9.78. The largest absolute Gasteiger partial charge is 0.449 e. The number of amides is 2. The highest BCUT2D eigenvalue weighted by molar-refractivity contribution is 5.84. The van der Waals surface area contributed by atoms with Crippen molar-refractivity contribution in [3.63, 3.8) is 0 Å². The van der Waals surface area contributed by atoms with Gasteiger partial charge in [0.25, 0.3) is 5.79 Å². The van der Waals surface area contributed by atoms with Gasteiger partial charge in [0.1, 0.15) is 24.7 Å². The second-order valence-electron chi connectivity index (χ2n) is 7.75. The van der Waals surface area contributed by atoms with E-state index in [0.29, 0.717) is 17.5 Å². The molecule has 3 heterocycles. The van der Waals surface area contributed by atoms with Crippen molar-refractivity contribution in [1.82, 2.24) is 4.90 Å². The third kappa shape index (κ3) is 3.32. The quantitative estimate of drug-likeness (QED) is 0.287. The molecule has 1 aromatic rings. The highest BCUT2D eigenvalue weighted by Gasteiger charge is 2.73. The van der Waals surface area contributed by atoms with Crippen LogP contribution >= 0.6 is 0 Å². The summed E-state index contributed by atoms with van der Waals surface area (Å²) >= 11 is 0. The maximum atomic E-state index is 12.2. The molecule has 0 aliphatic carbocycles. The Hall–Kier alpha value is -3.67. The summed E-state index contributed by atoms with van der Waals surface area (Å²) in [6.07, 6.45) is -0.515. The Balaban J connectivity index is 1.95. The van der Waals surface area contributed by atoms with E-state index in [1.165, 1.54) is 42.9 Å². The average molecular weight is 447 g/mol. The molecular formula is C20H21N3O9. The van der Waals surface area contributed by atoms with Crippen LogP contribution in [0.2, 0.25) is 0 Å². The van der Waals surface area contributed by atoms with Crippen LogP contribution in [-0.2, 0) is 28.7 Å². The number of nitrogens with zero attached hydrogens (tertiary/aromatic N) is 2. The van der Waals surface area contributed by atoms with E-state index in [9.17, 15) is 24.0 Å². The minimum Gasteiger partial charge on any atom is -0.449 e. The van der Waals surface area contributed by atoms with Crippen molar-refractivity contribution in [2.24, 2.45) is 5.73 Å². The van der Waals surface area contributed by atoms with Gasteiger partial charge >= 0.3 is 18.0 Å². The van der Waals surface area contributed by atoms with Gasteiger partial charge in [0.2, 0.25) is 5.91 Å². The zero-order valence-electron chi connectivity index (χ0n) is 17.5. The van der Waals surface area contributed by atoms with Gasteiger partial charge in [0, 0.05) is 31.9 Å². The summed E-state index contributed by atoms with van der Waals surface area (Å²) in [5.74, 6) is -4.43. The molecule has 1 aromatic carbocycles. The van der Waals surface area contributed by atoms with Crippen molar-refractivity contribution in [2.75, 3.05) is 18.2 Å². The molecule has 4 rings (SSSR count). The van der Waals surface area contributed by atoms with E-state index >= 15 is 0 Å². The first-order chi connectivity index (χ1) is 15.1. The highest BCUT2D eigenvalue weighted by Crippen LogP contribution is 2.58. The number of aldehydes is 1. The summed E-state index contributed by atoms with van der Waals surface area (Å²) in [7, 11) is 0. The predicted molar refractivity (Wildman–Crippen MR) is 104 cm³/mol. The molecule has 0 saturated carbocycles. The van der Waals surface area contributed by atoms with E-state index in [2.05, 4.69) is 0 Å². The van der Waals surface area contributed by atoms with Crippen LogP contribution in [0.5, 0.6) is 5.75 Å². The van der Waals surface area contributed by atoms with E-state index < -0.39 is 42.4 Å². The fourth-order valence-corrected chi connectivity index (χ4v) is 4.65. The lowest BCUT2D eigenvalue weighted by molar-refractivity contribution is -0.265. The van der Waals surface area contributed by atoms with Gasteiger partial charge in [-0.25, -0.2) is 14.7 Å². The van der Waals surface area contributed by atoms with Gasteiger partial charge in [-0.15, -0.1) is 0 Å². The van der Waals surface area contributed by atoms with Gasteiger partial charge in [-0.3, -0.25) is 19.2 Å². The Morgan fingerprint density at radius 3 is 2.50 bits per heavy atom. The Morgan fingerprint density at radius 2 is 1.94 bits per heavy atom. The number of esters is 2. The molecule has 0 spiro atoms. The summed E-state index contributed by atoms with van der Waals surface area (Å²) < 4.78 is 16.1. The number of nitrogens with two attached hydrogens (primary N) is 1. The minimum atomic E-state index is -1.78. The molecule has 2 fully saturated rings. The van der Waals surface area contributed by atoms with Gasteiger partial charge in [0.05, 0.1) is 24.2 Å². The first kappa shape index (κ1) is 21.6. The molecule has 12 nitrogen and oxygen atoms in total. The topological polar surface area (TPSA) is 155 Å². The molecule has 3 aliphatic heterocycles. The van der Waals surface area contributed by atoms with Crippen LogP contribution in [0.15, 0.2) is 12.1 Å². The van der Waals surface area contributed by atoms with E-state index in [0.717, 1.165) is 0 Å². The molecule has 2 bridgehead atoms. The zero-order chi connectivity index (χ0) is 23.4. The van der Waals surface area contributed by atoms with Crippen LogP contribution in [0.3, 0.4) is 0 Å². The van der Waals surface area contributed by atoms with Gasteiger partial charge in [-0.2, -0.15) is 0 Å². The normalized spacial score (nSPS) is 26.9. The number of anilines is 1. The van der Waals surface area contributed by atoms with Crippen molar-refractivity contribution in [3.8, 4) is 5.75 Å². The molecule has 12 heteroatoms. The molecule has 0 aromatic heterocycles. The van der Waals surface area contributed by atoms with Crippen LogP contribution < -0.4 is 15.5 Å². The summed E-state index contributed by atoms with van der Waals surface area (Å²) in [5.41, 5.74) is 6.03. The summed E-state index contributed by atoms with van der Waals surface area (Å²) in [6, 6.07) is 1.82. The van der Waals surface area contributed by atoms with Gasteiger partial charge in [-0.05, 0) is 12.1 Å². The van der Waals surface area contributed by atoms with Crippen molar-refractivity contribution in [1.29, 1.82) is 0 Å². The third-order valence-corrected chi connectivity index (χ3v) is 5.64. The standard InChI is InChI=1S/C20H21N3O9/c1-9(25)23-15-6-22-14-4-12(7-24)5-16(30-10(2)26)17(14)13(8-29-19(21)28)20(32-22,18(15)23)31-11(3)27/h4-5,7,13,15,18H,6,8H2,1-3H3,(H2,21,28). The zero-order valence-corrected chi connectivity index (χ0v) is 17.5. The number of carbonyl (C=O) groups excluding carboxylic acids is 5. The summed E-state index contributed by atoms with van der Waals surface area (Å²) in [4.78, 5) is 66.7. The lowest BCUT2D eigenvalue weighted by Crippen LogP contribution is -2.61. The molecule has 2 saturated heterocycles. The minimum absolute atomic E-state index is 0.00784. The smallest absolute Gasteiger partial charge is 0.404 e. The van der Waals surface area contributed by atoms with Crippen molar-refractivity contribution >= 4 is 35.9 Å². The molecule has 2 amide bonds. The van der Waals surface area contributed by atoms with E-state index in [1.54, 1.807) is 0 Å². The molecule has 4 unspecified atom stereocenters. The second-order valence-corrected chi connectivity index (χ2v) is 7.75. The number of benzene rings is 1. The monoisotopic (exact) mass is 447 g/mol. The highest BCUT2D eigenvalue weighted by atomic mass is 16.8. The fraction of sp³-hybridized carbons (Fsp3) is 0.450. The maximum absolute atomic E-state index is 12.2. The Kier molecular flexibility index (Phi) is 5.04. The molecule has 4 atom stereocenters. The van der Waals surface area contributed by atoms with Crippen molar-refractivity contribution in [2.45, 2.75) is 44.6 Å². The van der Waals surface area contributed by atoms with Gasteiger partial charge in [0.15, 0.2) is 0 Å². The van der Waals surface area contributed by atoms with Crippen molar-refractivity contribution < 1.29 is 43.0 Å². The van der Waals surface area contributed by atoms with Gasteiger partial charge in [-0.1, -0.05) is 0 Å². The van der Waals surface area contributed by atoms with Crippen molar-refractivity contribution in [3.05, 3.63) is 23.3 Å². The number of ether oxygens (including phenoxy) is 3. The number of hydrogen-bond acceptors (Lipinski definition) is 10. The Morgan fingerprint density at radius 1 is 1.22 bits per heavy atom. The molecule has 32 heavy (non-hydrogen) atoms. The summed E-state index contributed by atoms with van der Waals surface area (Å²) in [5, 5.41) is 1.39. The first-order valence-electron chi connectivity index (χ1n) is 9.78. The van der Waals surface area contributed by atoms with E-state index in [4.69, 9.17) is 24.8 Å². The Labute approximate surface area is 182 Å². The van der Waals surface area contributed by atoms with Gasteiger partial charge < -0.3 is 24.8 Å². The number of hydroxylamine groups is 1. The number of carbonyl (C=O) groups is 5. The number of rotatable bonds is 5. The Bertz CT molecular complexity index is 1040. The lowest BCUT2D eigenvalue weighted by Gasteiger charge is -2.49. The lowest BCUT2D eigenvalue weighted by atomic mass is 9.82. The molecule has 2 N–H and O–H groups in total.